The van der Waals surface area contributed by atoms with Gasteiger partial charge in [0.05, 0.1) is 11.5 Å². The SMILES string of the molecule is COCC1(C(C)C)NC(C)CS1. The van der Waals surface area contributed by atoms with E-state index in [1.165, 1.54) is 5.75 Å². The second-order valence-corrected chi connectivity index (χ2v) is 5.18. The normalized spacial score (nSPS) is 36.2. The van der Waals surface area contributed by atoms with E-state index in [9.17, 15) is 0 Å². The molecular formula is C9H19NOS. The van der Waals surface area contributed by atoms with Crippen LogP contribution < -0.4 is 5.32 Å². The predicted molar refractivity (Wildman–Crippen MR) is 54.5 cm³/mol. The zero-order valence-electron chi connectivity index (χ0n) is 8.39. The van der Waals surface area contributed by atoms with Crippen LogP contribution in [-0.4, -0.2) is 30.4 Å². The maximum absolute atomic E-state index is 5.26. The van der Waals surface area contributed by atoms with E-state index in [2.05, 4.69) is 26.1 Å². The van der Waals surface area contributed by atoms with Crippen LogP contribution in [0.5, 0.6) is 0 Å². The Labute approximate surface area is 79.4 Å². The van der Waals surface area contributed by atoms with Crippen molar-refractivity contribution in [3.8, 4) is 0 Å². The lowest BCUT2D eigenvalue weighted by molar-refractivity contribution is 0.131. The summed E-state index contributed by atoms with van der Waals surface area (Å²) in [5.74, 6) is 1.81. The lowest BCUT2D eigenvalue weighted by Gasteiger charge is -2.32. The van der Waals surface area contributed by atoms with E-state index in [0.717, 1.165) is 6.61 Å². The highest BCUT2D eigenvalue weighted by molar-refractivity contribution is 8.01. The standard InChI is InChI=1S/C9H19NOS/c1-7(2)9(6-11-4)10-8(3)5-12-9/h7-8,10H,5-6H2,1-4H3. The van der Waals surface area contributed by atoms with Gasteiger partial charge >= 0.3 is 0 Å². The molecule has 0 aromatic rings. The van der Waals surface area contributed by atoms with Gasteiger partial charge in [0.15, 0.2) is 0 Å². The molecule has 1 aliphatic rings. The molecular weight excluding hydrogens is 170 g/mol. The van der Waals surface area contributed by atoms with Crippen molar-refractivity contribution in [3.63, 3.8) is 0 Å². The van der Waals surface area contributed by atoms with Crippen molar-refractivity contribution in [1.82, 2.24) is 5.32 Å². The minimum atomic E-state index is 0.161. The predicted octanol–water partition coefficient (Wildman–Crippen LogP) is 1.71. The number of ether oxygens (including phenoxy) is 1. The molecule has 1 rings (SSSR count). The highest BCUT2D eigenvalue weighted by Gasteiger charge is 2.40. The number of rotatable bonds is 3. The molecule has 12 heavy (non-hydrogen) atoms. The third kappa shape index (κ3) is 1.95. The molecule has 72 valence electrons. The van der Waals surface area contributed by atoms with E-state index in [1.807, 2.05) is 11.8 Å². The van der Waals surface area contributed by atoms with Gasteiger partial charge in [-0.3, -0.25) is 5.32 Å². The summed E-state index contributed by atoms with van der Waals surface area (Å²) in [6.07, 6.45) is 0. The number of hydrogen-bond donors (Lipinski definition) is 1. The molecule has 2 unspecified atom stereocenters. The molecule has 0 radical (unpaired) electrons. The fourth-order valence-corrected chi connectivity index (χ4v) is 3.02. The summed E-state index contributed by atoms with van der Waals surface area (Å²) in [5.41, 5.74) is 0. The smallest absolute Gasteiger partial charge is 0.0907 e. The van der Waals surface area contributed by atoms with Crippen LogP contribution in [0.1, 0.15) is 20.8 Å². The van der Waals surface area contributed by atoms with Gasteiger partial charge in [-0.05, 0) is 12.8 Å². The van der Waals surface area contributed by atoms with Crippen molar-refractivity contribution in [2.45, 2.75) is 31.7 Å². The van der Waals surface area contributed by atoms with Crippen LogP contribution in [0.4, 0.5) is 0 Å². The van der Waals surface area contributed by atoms with Crippen LogP contribution in [0.2, 0.25) is 0 Å². The van der Waals surface area contributed by atoms with Crippen molar-refractivity contribution < 1.29 is 4.74 Å². The summed E-state index contributed by atoms with van der Waals surface area (Å²) in [5, 5.41) is 3.61. The minimum absolute atomic E-state index is 0.161. The quantitative estimate of drug-likeness (QED) is 0.730. The molecule has 3 heteroatoms. The van der Waals surface area contributed by atoms with Gasteiger partial charge < -0.3 is 4.74 Å². The van der Waals surface area contributed by atoms with E-state index in [1.54, 1.807) is 7.11 Å². The van der Waals surface area contributed by atoms with E-state index in [0.29, 0.717) is 12.0 Å². The van der Waals surface area contributed by atoms with E-state index in [4.69, 9.17) is 4.74 Å². The summed E-state index contributed by atoms with van der Waals surface area (Å²) in [6.45, 7) is 7.53. The van der Waals surface area contributed by atoms with Crippen molar-refractivity contribution in [1.29, 1.82) is 0 Å². The molecule has 2 atom stereocenters. The Bertz CT molecular complexity index is 147. The molecule has 2 nitrogen and oxygen atoms in total. The van der Waals surface area contributed by atoms with Gasteiger partial charge in [-0.2, -0.15) is 0 Å². The van der Waals surface area contributed by atoms with Crippen LogP contribution in [0.15, 0.2) is 0 Å². The Morgan fingerprint density at radius 3 is 2.67 bits per heavy atom. The zero-order valence-corrected chi connectivity index (χ0v) is 9.20. The molecule has 1 heterocycles. The second-order valence-electron chi connectivity index (χ2n) is 3.83. The molecule has 0 aromatic heterocycles. The molecule has 1 aliphatic heterocycles. The highest BCUT2D eigenvalue weighted by Crippen LogP contribution is 2.36. The van der Waals surface area contributed by atoms with Crippen LogP contribution >= 0.6 is 11.8 Å². The first-order valence-electron chi connectivity index (χ1n) is 4.51. The zero-order chi connectivity index (χ0) is 9.19. The fraction of sp³-hybridized carbons (Fsp3) is 1.00. The minimum Gasteiger partial charge on any atom is -0.382 e. The Morgan fingerprint density at radius 1 is 1.67 bits per heavy atom. The fourth-order valence-electron chi connectivity index (χ4n) is 1.57. The second kappa shape index (κ2) is 3.99. The van der Waals surface area contributed by atoms with Gasteiger partial charge in [-0.1, -0.05) is 13.8 Å². The van der Waals surface area contributed by atoms with Crippen molar-refractivity contribution in [2.24, 2.45) is 5.92 Å². The van der Waals surface area contributed by atoms with E-state index < -0.39 is 0 Å². The number of thioether (sulfide) groups is 1. The van der Waals surface area contributed by atoms with Crippen molar-refractivity contribution in [3.05, 3.63) is 0 Å². The summed E-state index contributed by atoms with van der Waals surface area (Å²) in [6, 6.07) is 0.618. The average Bonchev–Trinajstić information content (AvgIpc) is 2.34. The maximum atomic E-state index is 5.26. The number of nitrogens with one attached hydrogen (secondary N) is 1. The summed E-state index contributed by atoms with van der Waals surface area (Å²) in [7, 11) is 1.77. The Morgan fingerprint density at radius 2 is 2.33 bits per heavy atom. The highest BCUT2D eigenvalue weighted by atomic mass is 32.2. The van der Waals surface area contributed by atoms with Gasteiger partial charge in [0.2, 0.25) is 0 Å². The van der Waals surface area contributed by atoms with Crippen LogP contribution in [0.3, 0.4) is 0 Å². The van der Waals surface area contributed by atoms with Gasteiger partial charge in [0, 0.05) is 18.9 Å². The molecule has 1 saturated heterocycles. The van der Waals surface area contributed by atoms with Gasteiger partial charge in [0.25, 0.3) is 0 Å². The summed E-state index contributed by atoms with van der Waals surface area (Å²) < 4.78 is 5.26. The van der Waals surface area contributed by atoms with Crippen LogP contribution in [0.25, 0.3) is 0 Å². The molecule has 0 spiro atoms. The molecule has 1 N–H and O–H groups in total. The number of hydrogen-bond acceptors (Lipinski definition) is 3. The van der Waals surface area contributed by atoms with Crippen molar-refractivity contribution in [2.75, 3.05) is 19.5 Å². The first kappa shape index (κ1) is 10.4. The van der Waals surface area contributed by atoms with Crippen LogP contribution in [-0.2, 0) is 4.74 Å². The Hall–Kier alpha value is 0.270. The number of methoxy groups -OCH3 is 1. The first-order chi connectivity index (χ1) is 5.60. The third-order valence-electron chi connectivity index (χ3n) is 2.37. The van der Waals surface area contributed by atoms with Crippen molar-refractivity contribution >= 4 is 11.8 Å². The van der Waals surface area contributed by atoms with Gasteiger partial charge in [0.1, 0.15) is 0 Å². The monoisotopic (exact) mass is 189 g/mol. The lowest BCUT2D eigenvalue weighted by atomic mass is 10.0. The Balaban J connectivity index is 2.61. The molecule has 0 bridgehead atoms. The summed E-state index contributed by atoms with van der Waals surface area (Å²) >= 11 is 1.99. The third-order valence-corrected chi connectivity index (χ3v) is 4.26. The van der Waals surface area contributed by atoms with Crippen LogP contribution in [0, 0.1) is 5.92 Å². The largest absolute Gasteiger partial charge is 0.382 e. The lowest BCUT2D eigenvalue weighted by Crippen LogP contribution is -2.48. The van der Waals surface area contributed by atoms with E-state index >= 15 is 0 Å². The molecule has 0 aromatic carbocycles. The average molecular weight is 189 g/mol. The molecule has 0 aliphatic carbocycles. The molecule has 1 fully saturated rings. The van der Waals surface area contributed by atoms with Gasteiger partial charge in [-0.25, -0.2) is 0 Å². The van der Waals surface area contributed by atoms with E-state index in [-0.39, 0.29) is 4.87 Å². The Kier molecular flexibility index (Phi) is 3.44. The topological polar surface area (TPSA) is 21.3 Å². The van der Waals surface area contributed by atoms with Gasteiger partial charge in [-0.15, -0.1) is 11.8 Å². The molecule has 0 saturated carbocycles. The summed E-state index contributed by atoms with van der Waals surface area (Å²) in [4.78, 5) is 0.161. The maximum Gasteiger partial charge on any atom is 0.0907 e. The first-order valence-corrected chi connectivity index (χ1v) is 5.50. The molecule has 0 amide bonds.